The van der Waals surface area contributed by atoms with Gasteiger partial charge in [0, 0.05) is 0 Å². The van der Waals surface area contributed by atoms with Gasteiger partial charge in [0.15, 0.2) is 15.5 Å². The highest BCUT2D eigenvalue weighted by Gasteiger charge is 2.13. The smallest absolute Gasteiger partial charge is 0.293 e. The number of carbonyl (C=O) groups is 1. The summed E-state index contributed by atoms with van der Waals surface area (Å²) in [7, 11) is 0. The molecule has 132 valence electrons. The highest BCUT2D eigenvalue weighted by atomic mass is 79.9. The van der Waals surface area contributed by atoms with Crippen LogP contribution >= 0.6 is 28.1 Å². The van der Waals surface area contributed by atoms with Crippen LogP contribution in [0.4, 0.5) is 5.69 Å². The van der Waals surface area contributed by atoms with Gasteiger partial charge in [0.1, 0.15) is 12.4 Å². The van der Waals surface area contributed by atoms with Gasteiger partial charge in [0.2, 0.25) is 0 Å². The zero-order valence-corrected chi connectivity index (χ0v) is 16.0. The van der Waals surface area contributed by atoms with Crippen LogP contribution in [-0.2, 0) is 6.61 Å². The molecule has 7 heteroatoms. The molecule has 26 heavy (non-hydrogen) atoms. The zero-order chi connectivity index (χ0) is 18.4. The van der Waals surface area contributed by atoms with E-state index in [-0.39, 0.29) is 10.9 Å². The summed E-state index contributed by atoms with van der Waals surface area (Å²) in [6, 6.07) is 20.4. The van der Waals surface area contributed by atoms with Crippen LogP contribution in [0.1, 0.15) is 16.1 Å². The molecule has 0 bridgehead atoms. The fourth-order valence-corrected chi connectivity index (χ4v) is 2.69. The van der Waals surface area contributed by atoms with Crippen LogP contribution < -0.4 is 15.4 Å². The van der Waals surface area contributed by atoms with E-state index in [0.29, 0.717) is 22.7 Å². The maximum Gasteiger partial charge on any atom is 0.293 e. The Hall–Kier alpha value is -2.64. The van der Waals surface area contributed by atoms with Crippen molar-refractivity contribution in [2.45, 2.75) is 6.61 Å². The summed E-state index contributed by atoms with van der Waals surface area (Å²) < 4.78 is 11.5. The van der Waals surface area contributed by atoms with E-state index in [9.17, 15) is 4.79 Å². The maximum absolute atomic E-state index is 12.1. The molecule has 0 aliphatic carbocycles. The fourth-order valence-electron chi connectivity index (χ4n) is 2.19. The molecule has 0 aliphatic heterocycles. The van der Waals surface area contributed by atoms with E-state index < -0.39 is 5.91 Å². The Balaban J connectivity index is 1.62. The number of hydrogen-bond donors (Lipinski definition) is 2. The number of amides is 1. The van der Waals surface area contributed by atoms with E-state index in [0.717, 1.165) is 5.56 Å². The van der Waals surface area contributed by atoms with E-state index in [1.54, 1.807) is 12.1 Å². The summed E-state index contributed by atoms with van der Waals surface area (Å²) >= 11 is 8.36. The Morgan fingerprint density at radius 1 is 1.04 bits per heavy atom. The standard InChI is InChI=1S/C19H15BrN2O3S/c20-17-11-10-16(25-17)18(23)22-19(26)21-14-8-4-5-9-15(14)24-12-13-6-2-1-3-7-13/h1-11H,12H2,(H2,21,22,23,26). The lowest BCUT2D eigenvalue weighted by Crippen LogP contribution is -2.34. The molecule has 0 saturated carbocycles. The average Bonchev–Trinajstić information content (AvgIpc) is 3.08. The van der Waals surface area contributed by atoms with Crippen LogP contribution in [0.2, 0.25) is 0 Å². The van der Waals surface area contributed by atoms with Gasteiger partial charge in [-0.05, 0) is 58.0 Å². The Labute approximate surface area is 164 Å². The average molecular weight is 431 g/mol. The lowest BCUT2D eigenvalue weighted by atomic mass is 10.2. The molecule has 2 aromatic carbocycles. The molecule has 0 atom stereocenters. The molecule has 1 aromatic heterocycles. The van der Waals surface area contributed by atoms with Crippen molar-refractivity contribution in [2.24, 2.45) is 0 Å². The van der Waals surface area contributed by atoms with E-state index in [1.807, 2.05) is 54.6 Å². The predicted octanol–water partition coefficient (Wildman–Crippen LogP) is 4.75. The van der Waals surface area contributed by atoms with E-state index in [1.165, 1.54) is 0 Å². The van der Waals surface area contributed by atoms with Crippen molar-refractivity contribution >= 4 is 44.9 Å². The summed E-state index contributed by atoms with van der Waals surface area (Å²) in [6.07, 6.45) is 0. The molecule has 2 N–H and O–H groups in total. The molecule has 0 fully saturated rings. The molecule has 0 radical (unpaired) electrons. The number of furan rings is 1. The fraction of sp³-hybridized carbons (Fsp3) is 0.0526. The van der Waals surface area contributed by atoms with Gasteiger partial charge in [0.05, 0.1) is 5.69 Å². The second kappa shape index (κ2) is 8.64. The number of rotatable bonds is 5. The Morgan fingerprint density at radius 3 is 2.50 bits per heavy atom. The number of halogens is 1. The minimum absolute atomic E-state index is 0.151. The number of hydrogen-bond acceptors (Lipinski definition) is 4. The molecular formula is C19H15BrN2O3S. The molecule has 0 spiro atoms. The lowest BCUT2D eigenvalue weighted by molar-refractivity contribution is 0.0949. The van der Waals surface area contributed by atoms with Gasteiger partial charge in [-0.1, -0.05) is 42.5 Å². The largest absolute Gasteiger partial charge is 0.487 e. The van der Waals surface area contributed by atoms with Crippen LogP contribution in [-0.4, -0.2) is 11.0 Å². The summed E-state index contributed by atoms with van der Waals surface area (Å²) in [5.41, 5.74) is 1.72. The molecule has 0 unspecified atom stereocenters. The highest BCUT2D eigenvalue weighted by molar-refractivity contribution is 9.10. The number of ether oxygens (including phenoxy) is 1. The lowest BCUT2D eigenvalue weighted by Gasteiger charge is -2.14. The first-order valence-corrected chi connectivity index (χ1v) is 8.95. The summed E-state index contributed by atoms with van der Waals surface area (Å²) in [5, 5.41) is 5.70. The summed E-state index contributed by atoms with van der Waals surface area (Å²) in [4.78, 5) is 12.1. The van der Waals surface area contributed by atoms with Crippen LogP contribution in [0, 0.1) is 0 Å². The quantitative estimate of drug-likeness (QED) is 0.571. The minimum Gasteiger partial charge on any atom is -0.487 e. The number of nitrogens with one attached hydrogen (secondary N) is 2. The minimum atomic E-state index is -0.434. The van der Waals surface area contributed by atoms with Crippen LogP contribution in [0.3, 0.4) is 0 Å². The molecule has 5 nitrogen and oxygen atoms in total. The maximum atomic E-state index is 12.1. The first-order valence-electron chi connectivity index (χ1n) is 7.75. The Bertz CT molecular complexity index is 912. The highest BCUT2D eigenvalue weighted by Crippen LogP contribution is 2.24. The van der Waals surface area contributed by atoms with Gasteiger partial charge < -0.3 is 14.5 Å². The molecule has 1 amide bonds. The number of anilines is 1. The third-order valence-corrected chi connectivity index (χ3v) is 4.03. The number of carbonyl (C=O) groups excluding carboxylic acids is 1. The molecule has 3 aromatic rings. The molecular weight excluding hydrogens is 416 g/mol. The van der Waals surface area contributed by atoms with Gasteiger partial charge in [-0.25, -0.2) is 0 Å². The SMILES string of the molecule is O=C(NC(=S)Nc1ccccc1OCc1ccccc1)c1ccc(Br)o1. The van der Waals surface area contributed by atoms with Crippen LogP contribution in [0.5, 0.6) is 5.75 Å². The van der Waals surface area contributed by atoms with E-state index in [4.69, 9.17) is 21.4 Å². The van der Waals surface area contributed by atoms with Crippen molar-refractivity contribution in [3.8, 4) is 5.75 Å². The number of thiocarbonyl (C=S) groups is 1. The second-order valence-corrected chi connectivity index (χ2v) is 6.47. The van der Waals surface area contributed by atoms with E-state index >= 15 is 0 Å². The first-order chi connectivity index (χ1) is 12.6. The van der Waals surface area contributed by atoms with Crippen molar-refractivity contribution in [1.82, 2.24) is 5.32 Å². The topological polar surface area (TPSA) is 63.5 Å². The molecule has 0 aliphatic rings. The first kappa shape index (κ1) is 18.2. The molecule has 3 rings (SSSR count). The number of para-hydroxylation sites is 2. The van der Waals surface area contributed by atoms with Gasteiger partial charge in [-0.15, -0.1) is 0 Å². The van der Waals surface area contributed by atoms with Gasteiger partial charge in [-0.3, -0.25) is 10.1 Å². The van der Waals surface area contributed by atoms with Crippen LogP contribution in [0.15, 0.2) is 75.8 Å². The van der Waals surface area contributed by atoms with Crippen LogP contribution in [0.25, 0.3) is 0 Å². The molecule has 1 heterocycles. The van der Waals surface area contributed by atoms with Crippen molar-refractivity contribution < 1.29 is 13.9 Å². The Morgan fingerprint density at radius 2 is 1.77 bits per heavy atom. The van der Waals surface area contributed by atoms with Gasteiger partial charge >= 0.3 is 0 Å². The van der Waals surface area contributed by atoms with Crippen molar-refractivity contribution in [3.05, 3.63) is 82.7 Å². The third-order valence-electron chi connectivity index (χ3n) is 3.40. The summed E-state index contributed by atoms with van der Waals surface area (Å²) in [6.45, 7) is 0.430. The molecule has 0 saturated heterocycles. The van der Waals surface area contributed by atoms with Crippen molar-refractivity contribution in [1.29, 1.82) is 0 Å². The zero-order valence-electron chi connectivity index (χ0n) is 13.6. The van der Waals surface area contributed by atoms with Crippen molar-refractivity contribution in [3.63, 3.8) is 0 Å². The second-order valence-electron chi connectivity index (χ2n) is 5.28. The predicted molar refractivity (Wildman–Crippen MR) is 107 cm³/mol. The van der Waals surface area contributed by atoms with Gasteiger partial charge in [0.25, 0.3) is 5.91 Å². The Kier molecular flexibility index (Phi) is 6.04. The normalized spacial score (nSPS) is 10.2. The van der Waals surface area contributed by atoms with Crippen molar-refractivity contribution in [2.75, 3.05) is 5.32 Å². The number of benzene rings is 2. The van der Waals surface area contributed by atoms with E-state index in [2.05, 4.69) is 26.6 Å². The van der Waals surface area contributed by atoms with Gasteiger partial charge in [-0.2, -0.15) is 0 Å². The monoisotopic (exact) mass is 430 g/mol. The summed E-state index contributed by atoms with van der Waals surface area (Å²) in [5.74, 6) is 0.360. The third kappa shape index (κ3) is 4.93.